The van der Waals surface area contributed by atoms with Gasteiger partial charge in [0.25, 0.3) is 5.91 Å². The van der Waals surface area contributed by atoms with Crippen molar-refractivity contribution in [3.8, 4) is 0 Å². The maximum Gasteiger partial charge on any atom is 0.252 e. The second-order valence-electron chi connectivity index (χ2n) is 5.23. The number of nitrogens with one attached hydrogen (secondary N) is 1. The maximum absolute atomic E-state index is 12.0. The summed E-state index contributed by atoms with van der Waals surface area (Å²) in [6, 6.07) is 1.47. The molecule has 1 aliphatic carbocycles. The maximum atomic E-state index is 12.0. The Hall–Kier alpha value is -0.840. The van der Waals surface area contributed by atoms with E-state index in [-0.39, 0.29) is 11.1 Å². The first-order valence-electron chi connectivity index (χ1n) is 7.37. The minimum Gasteiger partial charge on any atom is -0.378 e. The Morgan fingerprint density at radius 3 is 2.86 bits per heavy atom. The number of rotatable bonds is 6. The monoisotopic (exact) mass is 330 g/mol. The number of carbonyl (C=O) groups is 1. The predicted octanol–water partition coefficient (Wildman–Crippen LogP) is 3.86. The molecular formula is C15H20Cl2N2O2. The fraction of sp³-hybridized carbons (Fsp3) is 0.600. The lowest BCUT2D eigenvalue weighted by Crippen LogP contribution is -2.26. The minimum absolute atomic E-state index is 0.234. The minimum atomic E-state index is -0.234. The Kier molecular flexibility index (Phi) is 6.74. The van der Waals surface area contributed by atoms with Crippen LogP contribution in [-0.4, -0.2) is 30.1 Å². The molecule has 116 valence electrons. The van der Waals surface area contributed by atoms with Gasteiger partial charge in [0.1, 0.15) is 5.15 Å². The van der Waals surface area contributed by atoms with Gasteiger partial charge in [-0.1, -0.05) is 42.5 Å². The first-order chi connectivity index (χ1) is 10.2. The van der Waals surface area contributed by atoms with Crippen molar-refractivity contribution in [1.29, 1.82) is 0 Å². The van der Waals surface area contributed by atoms with E-state index in [0.29, 0.717) is 29.8 Å². The second-order valence-corrected chi connectivity index (χ2v) is 6.02. The molecule has 0 spiro atoms. The molecular weight excluding hydrogens is 311 g/mol. The molecule has 4 nitrogen and oxygen atoms in total. The number of amides is 1. The van der Waals surface area contributed by atoms with E-state index >= 15 is 0 Å². The predicted molar refractivity (Wildman–Crippen MR) is 84.0 cm³/mol. The van der Waals surface area contributed by atoms with Gasteiger partial charge >= 0.3 is 0 Å². The van der Waals surface area contributed by atoms with E-state index in [9.17, 15) is 4.79 Å². The standard InChI is InChI=1S/C15H20Cl2N2O2/c16-13-10-19-14(17)9-12(13)15(20)18-7-4-8-21-11-5-2-1-3-6-11/h9-11H,1-8H2,(H,18,20). The quantitative estimate of drug-likeness (QED) is 0.636. The number of halogens is 2. The summed E-state index contributed by atoms with van der Waals surface area (Å²) >= 11 is 11.7. The van der Waals surface area contributed by atoms with Gasteiger partial charge in [0.15, 0.2) is 0 Å². The summed E-state index contributed by atoms with van der Waals surface area (Å²) in [5.41, 5.74) is 0.352. The summed E-state index contributed by atoms with van der Waals surface area (Å²) in [5, 5.41) is 3.37. The second kappa shape index (κ2) is 8.57. The zero-order valence-electron chi connectivity index (χ0n) is 11.9. The molecule has 1 aliphatic rings. The Balaban J connectivity index is 1.66. The molecule has 1 N–H and O–H groups in total. The molecule has 0 unspecified atom stereocenters. The number of aromatic nitrogens is 1. The number of hydrogen-bond donors (Lipinski definition) is 1. The molecule has 0 atom stereocenters. The molecule has 1 fully saturated rings. The third-order valence-electron chi connectivity index (χ3n) is 3.58. The van der Waals surface area contributed by atoms with Crippen LogP contribution in [-0.2, 0) is 4.74 Å². The van der Waals surface area contributed by atoms with Gasteiger partial charge in [-0.25, -0.2) is 4.98 Å². The highest BCUT2D eigenvalue weighted by Gasteiger charge is 2.14. The molecule has 0 radical (unpaired) electrons. The van der Waals surface area contributed by atoms with Gasteiger partial charge in [0.05, 0.1) is 16.7 Å². The van der Waals surface area contributed by atoms with Crippen molar-refractivity contribution >= 4 is 29.1 Å². The normalized spacial score (nSPS) is 15.9. The highest BCUT2D eigenvalue weighted by molar-refractivity contribution is 6.35. The van der Waals surface area contributed by atoms with Crippen LogP contribution in [0.2, 0.25) is 10.2 Å². The zero-order chi connectivity index (χ0) is 15.1. The molecule has 1 amide bonds. The van der Waals surface area contributed by atoms with E-state index in [1.807, 2.05) is 0 Å². The zero-order valence-corrected chi connectivity index (χ0v) is 13.4. The van der Waals surface area contributed by atoms with Crippen LogP contribution >= 0.6 is 23.2 Å². The lowest BCUT2D eigenvalue weighted by molar-refractivity contribution is 0.0273. The van der Waals surface area contributed by atoms with Crippen molar-refractivity contribution in [2.24, 2.45) is 0 Å². The number of ether oxygens (including phenoxy) is 1. The van der Waals surface area contributed by atoms with Gasteiger partial charge in [-0.15, -0.1) is 0 Å². The van der Waals surface area contributed by atoms with Crippen LogP contribution in [0.1, 0.15) is 48.9 Å². The molecule has 1 aromatic rings. The summed E-state index contributed by atoms with van der Waals surface area (Å²) < 4.78 is 5.80. The summed E-state index contributed by atoms with van der Waals surface area (Å²) in [4.78, 5) is 15.8. The topological polar surface area (TPSA) is 51.2 Å². The van der Waals surface area contributed by atoms with E-state index in [1.165, 1.54) is 31.5 Å². The number of nitrogens with zero attached hydrogens (tertiary/aromatic N) is 1. The SMILES string of the molecule is O=C(NCCCOC1CCCCC1)c1cc(Cl)ncc1Cl. The van der Waals surface area contributed by atoms with Gasteiger partial charge in [0, 0.05) is 19.3 Å². The lowest BCUT2D eigenvalue weighted by Gasteiger charge is -2.21. The van der Waals surface area contributed by atoms with Crippen LogP contribution in [0.4, 0.5) is 0 Å². The molecule has 0 bridgehead atoms. The molecule has 1 saturated carbocycles. The van der Waals surface area contributed by atoms with E-state index < -0.39 is 0 Å². The van der Waals surface area contributed by atoms with Gasteiger partial charge < -0.3 is 10.1 Å². The van der Waals surface area contributed by atoms with Gasteiger partial charge in [-0.2, -0.15) is 0 Å². The van der Waals surface area contributed by atoms with E-state index in [2.05, 4.69) is 10.3 Å². The number of hydrogen-bond acceptors (Lipinski definition) is 3. The van der Waals surface area contributed by atoms with Gasteiger partial charge in [-0.3, -0.25) is 4.79 Å². The molecule has 0 aromatic carbocycles. The van der Waals surface area contributed by atoms with Crippen LogP contribution in [0.3, 0.4) is 0 Å². The molecule has 2 rings (SSSR count). The Bertz CT molecular complexity index is 477. The summed E-state index contributed by atoms with van der Waals surface area (Å²) in [5.74, 6) is -0.234. The van der Waals surface area contributed by atoms with Crippen LogP contribution in [0.25, 0.3) is 0 Å². The Morgan fingerprint density at radius 1 is 1.33 bits per heavy atom. The third kappa shape index (κ3) is 5.46. The first kappa shape index (κ1) is 16.5. The molecule has 21 heavy (non-hydrogen) atoms. The first-order valence-corrected chi connectivity index (χ1v) is 8.13. The highest BCUT2D eigenvalue weighted by atomic mass is 35.5. The number of carbonyl (C=O) groups excluding carboxylic acids is 1. The Labute approximate surface area is 135 Å². The van der Waals surface area contributed by atoms with Gasteiger partial charge in [0.2, 0.25) is 0 Å². The van der Waals surface area contributed by atoms with Gasteiger partial charge in [-0.05, 0) is 25.3 Å². The van der Waals surface area contributed by atoms with Crippen molar-refractivity contribution in [1.82, 2.24) is 10.3 Å². The van der Waals surface area contributed by atoms with Crippen molar-refractivity contribution in [3.63, 3.8) is 0 Å². The largest absolute Gasteiger partial charge is 0.378 e. The molecule has 0 saturated heterocycles. The summed E-state index contributed by atoms with van der Waals surface area (Å²) in [6.07, 6.45) is 8.76. The Morgan fingerprint density at radius 2 is 2.10 bits per heavy atom. The van der Waals surface area contributed by atoms with Crippen LogP contribution in [0.5, 0.6) is 0 Å². The van der Waals surface area contributed by atoms with E-state index in [1.54, 1.807) is 0 Å². The third-order valence-corrected chi connectivity index (χ3v) is 4.09. The average molecular weight is 331 g/mol. The van der Waals surface area contributed by atoms with Crippen LogP contribution in [0, 0.1) is 0 Å². The van der Waals surface area contributed by atoms with Crippen molar-refractivity contribution in [2.45, 2.75) is 44.6 Å². The fourth-order valence-electron chi connectivity index (χ4n) is 2.44. The molecule has 0 aliphatic heterocycles. The lowest BCUT2D eigenvalue weighted by atomic mass is 9.98. The molecule has 1 aromatic heterocycles. The van der Waals surface area contributed by atoms with E-state index in [0.717, 1.165) is 19.3 Å². The van der Waals surface area contributed by atoms with Crippen LogP contribution in [0.15, 0.2) is 12.3 Å². The smallest absolute Gasteiger partial charge is 0.252 e. The molecule has 6 heteroatoms. The van der Waals surface area contributed by atoms with E-state index in [4.69, 9.17) is 27.9 Å². The van der Waals surface area contributed by atoms with Crippen molar-refractivity contribution in [3.05, 3.63) is 28.0 Å². The summed E-state index contributed by atoms with van der Waals surface area (Å²) in [6.45, 7) is 1.23. The fourth-order valence-corrected chi connectivity index (χ4v) is 2.79. The van der Waals surface area contributed by atoms with Crippen LogP contribution < -0.4 is 5.32 Å². The van der Waals surface area contributed by atoms with Crippen molar-refractivity contribution < 1.29 is 9.53 Å². The molecule has 1 heterocycles. The number of pyridine rings is 1. The average Bonchev–Trinajstić information content (AvgIpc) is 2.50. The van der Waals surface area contributed by atoms with Crippen molar-refractivity contribution in [2.75, 3.05) is 13.2 Å². The highest BCUT2D eigenvalue weighted by Crippen LogP contribution is 2.20. The summed E-state index contributed by atoms with van der Waals surface area (Å²) in [7, 11) is 0.